The number of amides is 1. The molecule has 2 N–H and O–H groups in total. The minimum atomic E-state index is -0.363. The summed E-state index contributed by atoms with van der Waals surface area (Å²) in [7, 11) is 0. The minimum absolute atomic E-state index is 0.192. The first-order valence-electron chi connectivity index (χ1n) is 8.74. The number of hydrogen-bond donors (Lipinski definition) is 2. The van der Waals surface area contributed by atoms with E-state index in [0.717, 1.165) is 32.4 Å². The van der Waals surface area contributed by atoms with Crippen LogP contribution < -0.4 is 5.56 Å². The molecular formula is C17H22N4O4. The third-order valence-electron chi connectivity index (χ3n) is 5.40. The van der Waals surface area contributed by atoms with Crippen molar-refractivity contribution in [2.75, 3.05) is 26.2 Å². The molecular weight excluding hydrogens is 324 g/mol. The van der Waals surface area contributed by atoms with Gasteiger partial charge >= 0.3 is 0 Å². The highest BCUT2D eigenvalue weighted by molar-refractivity contribution is 6.06. The largest absolute Gasteiger partial charge is 0.442 e. The molecule has 2 atom stereocenters. The Morgan fingerprint density at radius 2 is 2.08 bits per heavy atom. The topological polar surface area (TPSA) is 103 Å². The van der Waals surface area contributed by atoms with Crippen LogP contribution in [0.25, 0.3) is 11.1 Å². The van der Waals surface area contributed by atoms with Crippen LogP contribution in [-0.2, 0) is 0 Å². The molecule has 2 aromatic heterocycles. The van der Waals surface area contributed by atoms with Crippen LogP contribution in [0.3, 0.4) is 0 Å². The Morgan fingerprint density at radius 3 is 2.76 bits per heavy atom. The number of hydrogen-bond acceptors (Lipinski definition) is 6. The number of carbonyl (C=O) groups excluding carboxylic acids is 1. The number of H-pyrrole nitrogens is 1. The van der Waals surface area contributed by atoms with Crippen LogP contribution in [0.2, 0.25) is 0 Å². The number of aliphatic hydroxyl groups excluding tert-OH is 1. The van der Waals surface area contributed by atoms with Crippen LogP contribution in [0, 0.1) is 6.92 Å². The second-order valence-corrected chi connectivity index (χ2v) is 6.84. The molecule has 8 heteroatoms. The molecule has 1 aliphatic carbocycles. The molecule has 0 aromatic carbocycles. The number of aromatic nitrogens is 2. The molecule has 0 spiro atoms. The number of fused-ring (bicyclic) bond motifs is 1. The summed E-state index contributed by atoms with van der Waals surface area (Å²) in [5.74, 6) is 0.221. The molecule has 2 aromatic rings. The van der Waals surface area contributed by atoms with E-state index in [-0.39, 0.29) is 34.7 Å². The van der Waals surface area contributed by atoms with E-state index < -0.39 is 0 Å². The number of rotatable bonds is 2. The van der Waals surface area contributed by atoms with E-state index in [2.05, 4.69) is 14.9 Å². The van der Waals surface area contributed by atoms with E-state index in [9.17, 15) is 14.7 Å². The predicted octanol–water partition coefficient (Wildman–Crippen LogP) is 0.496. The van der Waals surface area contributed by atoms with Crippen molar-refractivity contribution >= 4 is 17.0 Å². The van der Waals surface area contributed by atoms with Crippen molar-refractivity contribution in [3.05, 3.63) is 28.0 Å². The molecule has 134 valence electrons. The molecule has 1 saturated heterocycles. The van der Waals surface area contributed by atoms with E-state index in [1.807, 2.05) is 0 Å². The van der Waals surface area contributed by atoms with Gasteiger partial charge in [-0.25, -0.2) is 4.98 Å². The molecule has 0 radical (unpaired) electrons. The van der Waals surface area contributed by atoms with Gasteiger partial charge in [0, 0.05) is 32.2 Å². The zero-order chi connectivity index (χ0) is 17.6. The summed E-state index contributed by atoms with van der Waals surface area (Å²) in [6.07, 6.45) is 3.95. The summed E-state index contributed by atoms with van der Waals surface area (Å²) in [6, 6.07) is 0.209. The van der Waals surface area contributed by atoms with Gasteiger partial charge in [-0.2, -0.15) is 0 Å². The van der Waals surface area contributed by atoms with E-state index in [1.165, 1.54) is 6.33 Å². The van der Waals surface area contributed by atoms with Gasteiger partial charge in [0.1, 0.15) is 11.1 Å². The average molecular weight is 346 g/mol. The highest BCUT2D eigenvalue weighted by Gasteiger charge is 2.34. The molecule has 1 saturated carbocycles. The molecule has 8 nitrogen and oxygen atoms in total. The van der Waals surface area contributed by atoms with Crippen LogP contribution >= 0.6 is 0 Å². The van der Waals surface area contributed by atoms with E-state index in [0.29, 0.717) is 24.4 Å². The summed E-state index contributed by atoms with van der Waals surface area (Å²) in [4.78, 5) is 35.6. The van der Waals surface area contributed by atoms with Gasteiger partial charge in [0.15, 0.2) is 0 Å². The van der Waals surface area contributed by atoms with Gasteiger partial charge in [0.25, 0.3) is 11.5 Å². The summed E-state index contributed by atoms with van der Waals surface area (Å²) in [6.45, 7) is 4.30. The van der Waals surface area contributed by atoms with Gasteiger partial charge in [-0.1, -0.05) is 0 Å². The number of nitrogens with zero attached hydrogens (tertiary/aromatic N) is 3. The number of aliphatic hydroxyl groups is 1. The first-order valence-corrected chi connectivity index (χ1v) is 8.74. The monoisotopic (exact) mass is 346 g/mol. The maximum atomic E-state index is 13.0. The maximum absolute atomic E-state index is 13.0. The molecule has 25 heavy (non-hydrogen) atoms. The van der Waals surface area contributed by atoms with Crippen LogP contribution in [0.4, 0.5) is 0 Å². The van der Waals surface area contributed by atoms with Gasteiger partial charge in [-0.15, -0.1) is 0 Å². The van der Waals surface area contributed by atoms with Crippen molar-refractivity contribution in [2.45, 2.75) is 38.3 Å². The van der Waals surface area contributed by atoms with Crippen molar-refractivity contribution in [2.24, 2.45) is 0 Å². The highest BCUT2D eigenvalue weighted by Crippen LogP contribution is 2.26. The number of aromatic amines is 1. The molecule has 2 fully saturated rings. The van der Waals surface area contributed by atoms with Gasteiger partial charge in [0.05, 0.1) is 18.0 Å². The lowest BCUT2D eigenvalue weighted by atomic mass is 10.1. The Kier molecular flexibility index (Phi) is 4.09. The van der Waals surface area contributed by atoms with Crippen molar-refractivity contribution in [3.63, 3.8) is 0 Å². The Hall–Kier alpha value is -2.19. The molecule has 2 unspecified atom stereocenters. The first kappa shape index (κ1) is 16.3. The van der Waals surface area contributed by atoms with Crippen molar-refractivity contribution in [1.82, 2.24) is 19.8 Å². The zero-order valence-electron chi connectivity index (χ0n) is 14.2. The lowest BCUT2D eigenvalue weighted by Gasteiger charge is -2.39. The normalized spacial score (nSPS) is 25.0. The molecule has 1 aliphatic heterocycles. The second-order valence-electron chi connectivity index (χ2n) is 6.84. The van der Waals surface area contributed by atoms with Gasteiger partial charge < -0.3 is 19.4 Å². The van der Waals surface area contributed by atoms with E-state index in [4.69, 9.17) is 4.42 Å². The fourth-order valence-corrected chi connectivity index (χ4v) is 4.07. The van der Waals surface area contributed by atoms with Crippen LogP contribution in [0.1, 0.15) is 35.4 Å². The zero-order valence-corrected chi connectivity index (χ0v) is 14.2. The first-order chi connectivity index (χ1) is 12.1. The molecule has 1 amide bonds. The predicted molar refractivity (Wildman–Crippen MR) is 90.5 cm³/mol. The number of nitrogens with one attached hydrogen (secondary N) is 1. The summed E-state index contributed by atoms with van der Waals surface area (Å²) >= 11 is 0. The van der Waals surface area contributed by atoms with Crippen molar-refractivity contribution < 1.29 is 14.3 Å². The smallest absolute Gasteiger partial charge is 0.262 e. The molecule has 2 aliphatic rings. The summed E-state index contributed by atoms with van der Waals surface area (Å²) < 4.78 is 5.49. The number of aryl methyl sites for hydroxylation is 1. The maximum Gasteiger partial charge on any atom is 0.262 e. The molecule has 4 rings (SSSR count). The Bertz CT molecular complexity index is 850. The molecule has 3 heterocycles. The SMILES string of the molecule is Cc1oc2nc[nH]c(=O)c2c1C(=O)N1CCN(C2CCCC2O)CC1. The second kappa shape index (κ2) is 6.27. The van der Waals surface area contributed by atoms with Gasteiger partial charge in [0.2, 0.25) is 5.71 Å². The Labute approximate surface area is 144 Å². The summed E-state index contributed by atoms with van der Waals surface area (Å²) in [5, 5.41) is 10.3. The molecule has 0 bridgehead atoms. The third-order valence-corrected chi connectivity index (χ3v) is 5.40. The van der Waals surface area contributed by atoms with E-state index >= 15 is 0 Å². The quantitative estimate of drug-likeness (QED) is 0.821. The number of furan rings is 1. The fourth-order valence-electron chi connectivity index (χ4n) is 4.07. The third kappa shape index (κ3) is 2.75. The fraction of sp³-hybridized carbons (Fsp3) is 0.588. The van der Waals surface area contributed by atoms with Gasteiger partial charge in [-0.3, -0.25) is 14.5 Å². The van der Waals surface area contributed by atoms with Crippen molar-refractivity contribution in [1.29, 1.82) is 0 Å². The lowest BCUT2D eigenvalue weighted by Crippen LogP contribution is -2.53. The average Bonchev–Trinajstić information content (AvgIpc) is 3.18. The number of carbonyl (C=O) groups is 1. The standard InChI is InChI=1S/C17H22N4O4/c1-10-13(14-15(23)18-9-19-16(14)25-10)17(24)21-7-5-20(6-8-21)11-3-2-4-12(11)22/h9,11-12,22H,2-8H2,1H3,(H,18,19,23). The Morgan fingerprint density at radius 1 is 1.32 bits per heavy atom. The Balaban J connectivity index is 1.53. The summed E-state index contributed by atoms with van der Waals surface area (Å²) in [5.41, 5.74) is 0.133. The van der Waals surface area contributed by atoms with Crippen LogP contribution in [0.5, 0.6) is 0 Å². The van der Waals surface area contributed by atoms with Crippen LogP contribution in [0.15, 0.2) is 15.5 Å². The number of piperazine rings is 1. The van der Waals surface area contributed by atoms with Gasteiger partial charge in [-0.05, 0) is 26.2 Å². The van der Waals surface area contributed by atoms with E-state index in [1.54, 1.807) is 11.8 Å². The van der Waals surface area contributed by atoms with Crippen molar-refractivity contribution in [3.8, 4) is 0 Å². The minimum Gasteiger partial charge on any atom is -0.442 e. The highest BCUT2D eigenvalue weighted by atomic mass is 16.3. The van der Waals surface area contributed by atoms with Crippen LogP contribution in [-0.4, -0.2) is 69.1 Å². The lowest BCUT2D eigenvalue weighted by molar-refractivity contribution is 0.0315.